The van der Waals surface area contributed by atoms with Crippen molar-refractivity contribution in [3.05, 3.63) is 52.4 Å². The lowest BCUT2D eigenvalue weighted by atomic mass is 10.0. The van der Waals surface area contributed by atoms with Crippen LogP contribution < -0.4 is 9.47 Å². The molecule has 0 atom stereocenters. The SMILES string of the molecule is COc1ccc(Cc2cc(N=O)c(OC)cc2O)cc1. The third kappa shape index (κ3) is 2.88. The van der Waals surface area contributed by atoms with E-state index < -0.39 is 0 Å². The van der Waals surface area contributed by atoms with Gasteiger partial charge in [-0.3, -0.25) is 0 Å². The Labute approximate surface area is 116 Å². The van der Waals surface area contributed by atoms with Crippen molar-refractivity contribution in [2.45, 2.75) is 6.42 Å². The van der Waals surface area contributed by atoms with Crippen molar-refractivity contribution in [3.63, 3.8) is 0 Å². The van der Waals surface area contributed by atoms with Crippen molar-refractivity contribution in [2.24, 2.45) is 5.18 Å². The molecule has 0 spiro atoms. The van der Waals surface area contributed by atoms with Gasteiger partial charge in [-0.2, -0.15) is 0 Å². The van der Waals surface area contributed by atoms with Gasteiger partial charge in [0, 0.05) is 18.1 Å². The van der Waals surface area contributed by atoms with Gasteiger partial charge in [0.2, 0.25) is 0 Å². The van der Waals surface area contributed by atoms with Crippen LogP contribution in [0.3, 0.4) is 0 Å². The van der Waals surface area contributed by atoms with E-state index in [0.717, 1.165) is 11.3 Å². The molecule has 5 heteroatoms. The van der Waals surface area contributed by atoms with Crippen molar-refractivity contribution >= 4 is 5.69 Å². The molecule has 1 N–H and O–H groups in total. The summed E-state index contributed by atoms with van der Waals surface area (Å²) >= 11 is 0. The standard InChI is InChI=1S/C15H15NO4/c1-19-12-5-3-10(4-6-12)7-11-8-13(16-18)15(20-2)9-14(11)17/h3-6,8-9,17H,7H2,1-2H3. The van der Waals surface area contributed by atoms with E-state index in [-0.39, 0.29) is 17.2 Å². The van der Waals surface area contributed by atoms with Gasteiger partial charge in [0.05, 0.1) is 14.2 Å². The Bertz CT molecular complexity index is 608. The number of nitrogens with zero attached hydrogens (tertiary/aromatic N) is 1. The summed E-state index contributed by atoms with van der Waals surface area (Å²) in [4.78, 5) is 10.8. The molecule has 0 fully saturated rings. The smallest absolute Gasteiger partial charge is 0.151 e. The summed E-state index contributed by atoms with van der Waals surface area (Å²) in [6.07, 6.45) is 0.488. The van der Waals surface area contributed by atoms with Gasteiger partial charge in [-0.25, -0.2) is 0 Å². The zero-order valence-corrected chi connectivity index (χ0v) is 11.3. The highest BCUT2D eigenvalue weighted by Gasteiger charge is 2.11. The predicted molar refractivity (Wildman–Crippen MR) is 75.9 cm³/mol. The second kappa shape index (κ2) is 6.06. The first kappa shape index (κ1) is 13.9. The number of rotatable bonds is 5. The van der Waals surface area contributed by atoms with Crippen molar-refractivity contribution in [1.29, 1.82) is 0 Å². The van der Waals surface area contributed by atoms with Crippen LogP contribution in [0.25, 0.3) is 0 Å². The lowest BCUT2D eigenvalue weighted by Gasteiger charge is -2.09. The Kier molecular flexibility index (Phi) is 4.20. The average Bonchev–Trinajstić information content (AvgIpc) is 2.49. The fourth-order valence-corrected chi connectivity index (χ4v) is 1.94. The maximum absolute atomic E-state index is 10.8. The summed E-state index contributed by atoms with van der Waals surface area (Å²) in [6, 6.07) is 10.4. The minimum Gasteiger partial charge on any atom is -0.508 e. The van der Waals surface area contributed by atoms with Gasteiger partial charge in [0.1, 0.15) is 17.2 Å². The molecule has 5 nitrogen and oxygen atoms in total. The van der Waals surface area contributed by atoms with Crippen molar-refractivity contribution in [2.75, 3.05) is 14.2 Å². The molecule has 20 heavy (non-hydrogen) atoms. The topological polar surface area (TPSA) is 68.1 Å². The van der Waals surface area contributed by atoms with Crippen LogP contribution in [0.2, 0.25) is 0 Å². The molecule has 2 aromatic rings. The van der Waals surface area contributed by atoms with Crippen LogP contribution >= 0.6 is 0 Å². The fourth-order valence-electron chi connectivity index (χ4n) is 1.94. The van der Waals surface area contributed by atoms with Crippen molar-refractivity contribution in [3.8, 4) is 17.2 Å². The molecule has 2 rings (SSSR count). The number of aromatic hydroxyl groups is 1. The Morgan fingerprint density at radius 1 is 1.10 bits per heavy atom. The van der Waals surface area contributed by atoms with Crippen LogP contribution in [-0.2, 0) is 6.42 Å². The van der Waals surface area contributed by atoms with Crippen LogP contribution in [-0.4, -0.2) is 19.3 Å². The number of hydrogen-bond donors (Lipinski definition) is 1. The number of hydrogen-bond acceptors (Lipinski definition) is 5. The zero-order valence-electron chi connectivity index (χ0n) is 11.3. The highest BCUT2D eigenvalue weighted by molar-refractivity contribution is 5.59. The monoisotopic (exact) mass is 273 g/mol. The third-order valence-corrected chi connectivity index (χ3v) is 3.03. The van der Waals surface area contributed by atoms with Gasteiger partial charge in [-0.05, 0) is 28.9 Å². The Hall–Kier alpha value is -2.56. The molecule has 0 aliphatic carbocycles. The zero-order chi connectivity index (χ0) is 14.5. The van der Waals surface area contributed by atoms with Gasteiger partial charge in [-0.15, -0.1) is 4.91 Å². The van der Waals surface area contributed by atoms with Gasteiger partial charge in [0.25, 0.3) is 0 Å². The molecule has 0 saturated carbocycles. The largest absolute Gasteiger partial charge is 0.508 e. The van der Waals surface area contributed by atoms with Crippen LogP contribution in [0.1, 0.15) is 11.1 Å². The van der Waals surface area contributed by atoms with Gasteiger partial charge in [0.15, 0.2) is 5.75 Å². The van der Waals surface area contributed by atoms with Crippen LogP contribution in [0.4, 0.5) is 5.69 Å². The molecule has 0 unspecified atom stereocenters. The molecule has 2 aromatic carbocycles. The molecule has 0 aliphatic rings. The van der Waals surface area contributed by atoms with Gasteiger partial charge < -0.3 is 14.6 Å². The molecule has 0 radical (unpaired) electrons. The van der Waals surface area contributed by atoms with E-state index >= 15 is 0 Å². The van der Waals surface area contributed by atoms with E-state index in [2.05, 4.69) is 5.18 Å². The summed E-state index contributed by atoms with van der Waals surface area (Å²) in [5.74, 6) is 1.10. The van der Waals surface area contributed by atoms with Crippen LogP contribution in [0, 0.1) is 4.91 Å². The number of phenols is 1. The number of phenolic OH excluding ortho intramolecular Hbond substituents is 1. The molecular formula is C15H15NO4. The molecule has 0 bridgehead atoms. The Balaban J connectivity index is 2.30. The maximum Gasteiger partial charge on any atom is 0.151 e. The highest BCUT2D eigenvalue weighted by atomic mass is 16.5. The number of nitroso groups, excluding NO2 is 1. The minimum atomic E-state index is 0.0741. The fraction of sp³-hybridized carbons (Fsp3) is 0.200. The summed E-state index contributed by atoms with van der Waals surface area (Å²) in [5.41, 5.74) is 1.78. The number of benzene rings is 2. The first-order valence-electron chi connectivity index (χ1n) is 6.04. The molecule has 0 aromatic heterocycles. The van der Waals surface area contributed by atoms with Crippen molar-refractivity contribution < 1.29 is 14.6 Å². The van der Waals surface area contributed by atoms with E-state index in [1.54, 1.807) is 7.11 Å². The Morgan fingerprint density at radius 2 is 1.80 bits per heavy atom. The molecule has 0 aliphatic heterocycles. The molecular weight excluding hydrogens is 258 g/mol. The quantitative estimate of drug-likeness (QED) is 0.848. The minimum absolute atomic E-state index is 0.0741. The number of ether oxygens (including phenoxy) is 2. The molecule has 0 amide bonds. The van der Waals surface area contributed by atoms with Crippen LogP contribution in [0.5, 0.6) is 17.2 Å². The van der Waals surface area contributed by atoms with E-state index in [1.807, 2.05) is 24.3 Å². The summed E-state index contributed by atoms with van der Waals surface area (Å²) < 4.78 is 10.1. The van der Waals surface area contributed by atoms with E-state index in [4.69, 9.17) is 9.47 Å². The maximum atomic E-state index is 10.8. The van der Waals surface area contributed by atoms with E-state index in [9.17, 15) is 10.0 Å². The highest BCUT2D eigenvalue weighted by Crippen LogP contribution is 2.35. The second-order valence-corrected chi connectivity index (χ2v) is 4.27. The predicted octanol–water partition coefficient (Wildman–Crippen LogP) is 3.40. The lowest BCUT2D eigenvalue weighted by molar-refractivity contribution is 0.408. The third-order valence-electron chi connectivity index (χ3n) is 3.03. The summed E-state index contributed by atoms with van der Waals surface area (Å²) in [5, 5.41) is 12.9. The normalized spacial score (nSPS) is 10.1. The van der Waals surface area contributed by atoms with E-state index in [1.165, 1.54) is 19.2 Å². The first-order chi connectivity index (χ1) is 9.67. The summed E-state index contributed by atoms with van der Waals surface area (Å²) in [7, 11) is 3.03. The van der Waals surface area contributed by atoms with E-state index in [0.29, 0.717) is 12.0 Å². The van der Waals surface area contributed by atoms with Gasteiger partial charge in [-0.1, -0.05) is 12.1 Å². The first-order valence-corrected chi connectivity index (χ1v) is 6.04. The van der Waals surface area contributed by atoms with Crippen molar-refractivity contribution in [1.82, 2.24) is 0 Å². The lowest BCUT2D eigenvalue weighted by Crippen LogP contribution is -1.92. The van der Waals surface area contributed by atoms with Crippen LogP contribution in [0.15, 0.2) is 41.6 Å². The van der Waals surface area contributed by atoms with Gasteiger partial charge >= 0.3 is 0 Å². The average molecular weight is 273 g/mol. The molecule has 0 heterocycles. The molecule has 0 saturated heterocycles. The second-order valence-electron chi connectivity index (χ2n) is 4.27. The Morgan fingerprint density at radius 3 is 2.35 bits per heavy atom. The number of methoxy groups -OCH3 is 2. The summed E-state index contributed by atoms with van der Waals surface area (Å²) in [6.45, 7) is 0. The molecule has 104 valence electrons.